The average Bonchev–Trinajstić information content (AvgIpc) is 2.57. The molecule has 0 saturated heterocycles. The van der Waals surface area contributed by atoms with Crippen molar-refractivity contribution in [3.8, 4) is 0 Å². The minimum Gasteiger partial charge on any atom is -0.350 e. The third kappa shape index (κ3) is 0.923. The Morgan fingerprint density at radius 2 is 1.79 bits per heavy atom. The Bertz CT molecular complexity index is 610. The summed E-state index contributed by atoms with van der Waals surface area (Å²) in [7, 11) is 2.03. The standard InChI is InChI=1S/C11H9N3/c1-14-5-2-8-6-9-10(7-11(8)14)13-4-3-12-9/h2-7H,1H3. The van der Waals surface area contributed by atoms with E-state index < -0.39 is 0 Å². The van der Waals surface area contributed by atoms with E-state index in [-0.39, 0.29) is 0 Å². The topological polar surface area (TPSA) is 30.7 Å². The smallest absolute Gasteiger partial charge is 0.0907 e. The number of aryl methyl sites for hydroxylation is 1. The van der Waals surface area contributed by atoms with Crippen molar-refractivity contribution in [2.45, 2.75) is 0 Å². The molecule has 0 aliphatic rings. The Labute approximate surface area is 81.0 Å². The van der Waals surface area contributed by atoms with Crippen LogP contribution < -0.4 is 0 Å². The van der Waals surface area contributed by atoms with E-state index in [1.165, 1.54) is 10.9 Å². The molecule has 0 N–H and O–H groups in total. The summed E-state index contributed by atoms with van der Waals surface area (Å²) in [4.78, 5) is 8.55. The van der Waals surface area contributed by atoms with Crippen molar-refractivity contribution in [2.24, 2.45) is 7.05 Å². The maximum atomic E-state index is 4.28. The fourth-order valence-electron chi connectivity index (χ4n) is 1.73. The summed E-state index contributed by atoms with van der Waals surface area (Å²) in [5, 5.41) is 1.21. The van der Waals surface area contributed by atoms with E-state index in [1.54, 1.807) is 12.4 Å². The highest BCUT2D eigenvalue weighted by atomic mass is 14.9. The largest absolute Gasteiger partial charge is 0.350 e. The zero-order valence-electron chi connectivity index (χ0n) is 7.81. The minimum absolute atomic E-state index is 0.946. The predicted molar refractivity (Wildman–Crippen MR) is 56.0 cm³/mol. The van der Waals surface area contributed by atoms with Crippen molar-refractivity contribution in [1.82, 2.24) is 14.5 Å². The molecule has 3 nitrogen and oxygen atoms in total. The van der Waals surface area contributed by atoms with Crippen LogP contribution in [-0.4, -0.2) is 14.5 Å². The molecule has 0 unspecified atom stereocenters. The highest BCUT2D eigenvalue weighted by Crippen LogP contribution is 2.19. The predicted octanol–water partition coefficient (Wildman–Crippen LogP) is 2.12. The highest BCUT2D eigenvalue weighted by Gasteiger charge is 2.01. The Morgan fingerprint density at radius 3 is 2.57 bits per heavy atom. The molecule has 68 valence electrons. The molecule has 14 heavy (non-hydrogen) atoms. The van der Waals surface area contributed by atoms with Crippen molar-refractivity contribution < 1.29 is 0 Å². The van der Waals surface area contributed by atoms with Gasteiger partial charge in [-0.2, -0.15) is 0 Å². The molecule has 0 spiro atoms. The Hall–Kier alpha value is -1.90. The van der Waals surface area contributed by atoms with E-state index in [2.05, 4.69) is 32.7 Å². The van der Waals surface area contributed by atoms with Crippen LogP contribution in [0.4, 0.5) is 0 Å². The van der Waals surface area contributed by atoms with Crippen LogP contribution in [0.2, 0.25) is 0 Å². The molecule has 0 aliphatic carbocycles. The third-order valence-electron chi connectivity index (χ3n) is 2.48. The van der Waals surface area contributed by atoms with Gasteiger partial charge in [0.2, 0.25) is 0 Å². The summed E-state index contributed by atoms with van der Waals surface area (Å²) in [6.45, 7) is 0. The van der Waals surface area contributed by atoms with Crippen molar-refractivity contribution >= 4 is 21.9 Å². The fraction of sp³-hybridized carbons (Fsp3) is 0.0909. The van der Waals surface area contributed by atoms with Gasteiger partial charge in [0.25, 0.3) is 0 Å². The molecule has 2 aromatic heterocycles. The van der Waals surface area contributed by atoms with E-state index >= 15 is 0 Å². The molecule has 1 aromatic carbocycles. The second-order valence-electron chi connectivity index (χ2n) is 3.38. The van der Waals surface area contributed by atoms with Crippen LogP contribution in [0.1, 0.15) is 0 Å². The number of nitrogens with zero attached hydrogens (tertiary/aromatic N) is 3. The number of benzene rings is 1. The normalized spacial score (nSPS) is 11.2. The Kier molecular flexibility index (Phi) is 1.36. The van der Waals surface area contributed by atoms with E-state index in [0.29, 0.717) is 0 Å². The lowest BCUT2D eigenvalue weighted by molar-refractivity contribution is 0.969. The molecule has 0 radical (unpaired) electrons. The van der Waals surface area contributed by atoms with Crippen molar-refractivity contribution in [3.05, 3.63) is 36.8 Å². The van der Waals surface area contributed by atoms with Crippen LogP contribution >= 0.6 is 0 Å². The molecule has 3 rings (SSSR count). The van der Waals surface area contributed by atoms with E-state index in [9.17, 15) is 0 Å². The van der Waals surface area contributed by atoms with Crippen molar-refractivity contribution in [1.29, 1.82) is 0 Å². The lowest BCUT2D eigenvalue weighted by atomic mass is 10.2. The number of aromatic nitrogens is 3. The number of fused-ring (bicyclic) bond motifs is 2. The number of hydrogen-bond acceptors (Lipinski definition) is 2. The van der Waals surface area contributed by atoms with Gasteiger partial charge in [0.1, 0.15) is 0 Å². The minimum atomic E-state index is 0.946. The Balaban J connectivity index is 2.54. The van der Waals surface area contributed by atoms with Gasteiger partial charge in [-0.1, -0.05) is 0 Å². The first-order valence-corrected chi connectivity index (χ1v) is 4.50. The fourth-order valence-corrected chi connectivity index (χ4v) is 1.73. The SMILES string of the molecule is Cn1ccc2cc3nccnc3cc21. The zero-order chi connectivity index (χ0) is 9.54. The molecule has 0 atom stereocenters. The van der Waals surface area contributed by atoms with E-state index in [0.717, 1.165) is 11.0 Å². The molecule has 0 amide bonds. The molecular weight excluding hydrogens is 174 g/mol. The van der Waals surface area contributed by atoms with Crippen LogP contribution in [0.15, 0.2) is 36.8 Å². The summed E-state index contributed by atoms with van der Waals surface area (Å²) in [5.41, 5.74) is 3.09. The van der Waals surface area contributed by atoms with Crippen LogP contribution in [0.25, 0.3) is 21.9 Å². The molecule has 0 fully saturated rings. The maximum absolute atomic E-state index is 4.28. The van der Waals surface area contributed by atoms with Crippen LogP contribution in [0, 0.1) is 0 Å². The molecule has 0 aliphatic heterocycles. The number of hydrogen-bond donors (Lipinski definition) is 0. The van der Waals surface area contributed by atoms with Gasteiger partial charge in [-0.25, -0.2) is 0 Å². The first-order valence-electron chi connectivity index (χ1n) is 4.50. The Morgan fingerprint density at radius 1 is 1.07 bits per heavy atom. The lowest BCUT2D eigenvalue weighted by Crippen LogP contribution is -1.86. The second kappa shape index (κ2) is 2.54. The van der Waals surface area contributed by atoms with Crippen molar-refractivity contribution in [3.63, 3.8) is 0 Å². The van der Waals surface area contributed by atoms with Gasteiger partial charge in [-0.15, -0.1) is 0 Å². The molecule has 3 aromatic rings. The van der Waals surface area contributed by atoms with Gasteiger partial charge in [0.05, 0.1) is 16.6 Å². The zero-order valence-corrected chi connectivity index (χ0v) is 7.81. The van der Waals surface area contributed by atoms with E-state index in [1.807, 2.05) is 13.2 Å². The lowest BCUT2D eigenvalue weighted by Gasteiger charge is -1.98. The van der Waals surface area contributed by atoms with Gasteiger partial charge in [-0.05, 0) is 18.2 Å². The first kappa shape index (κ1) is 7.50. The summed E-state index contributed by atoms with van der Waals surface area (Å²) in [5.74, 6) is 0. The van der Waals surface area contributed by atoms with Gasteiger partial charge >= 0.3 is 0 Å². The first-order chi connectivity index (χ1) is 6.84. The molecule has 2 heterocycles. The second-order valence-corrected chi connectivity index (χ2v) is 3.38. The molecule has 3 heteroatoms. The van der Waals surface area contributed by atoms with Crippen LogP contribution in [0.3, 0.4) is 0 Å². The van der Waals surface area contributed by atoms with Gasteiger partial charge in [0, 0.05) is 31.0 Å². The average molecular weight is 183 g/mol. The third-order valence-corrected chi connectivity index (χ3v) is 2.48. The van der Waals surface area contributed by atoms with E-state index in [4.69, 9.17) is 0 Å². The maximum Gasteiger partial charge on any atom is 0.0907 e. The highest BCUT2D eigenvalue weighted by molar-refractivity contribution is 5.93. The van der Waals surface area contributed by atoms with Crippen molar-refractivity contribution in [2.75, 3.05) is 0 Å². The quantitative estimate of drug-likeness (QED) is 0.534. The van der Waals surface area contributed by atoms with Crippen LogP contribution in [0.5, 0.6) is 0 Å². The molecule has 0 bridgehead atoms. The van der Waals surface area contributed by atoms with Gasteiger partial charge in [0.15, 0.2) is 0 Å². The van der Waals surface area contributed by atoms with Gasteiger partial charge in [-0.3, -0.25) is 9.97 Å². The van der Waals surface area contributed by atoms with Gasteiger partial charge < -0.3 is 4.57 Å². The summed E-state index contributed by atoms with van der Waals surface area (Å²) < 4.78 is 2.09. The summed E-state index contributed by atoms with van der Waals surface area (Å²) >= 11 is 0. The summed E-state index contributed by atoms with van der Waals surface area (Å²) in [6, 6.07) is 6.22. The molecular formula is C11H9N3. The number of rotatable bonds is 0. The van der Waals surface area contributed by atoms with Crippen LogP contribution in [-0.2, 0) is 7.05 Å². The summed E-state index contributed by atoms with van der Waals surface area (Å²) in [6.07, 6.45) is 5.48. The monoisotopic (exact) mass is 183 g/mol. The molecule has 0 saturated carbocycles.